The molecule has 0 fully saturated rings. The summed E-state index contributed by atoms with van der Waals surface area (Å²) in [6.07, 6.45) is 0. The minimum Gasteiger partial charge on any atom is -0.485 e. The van der Waals surface area contributed by atoms with Gasteiger partial charge in [0.15, 0.2) is 5.76 Å². The summed E-state index contributed by atoms with van der Waals surface area (Å²) in [6.45, 7) is 6.51. The van der Waals surface area contributed by atoms with Crippen LogP contribution in [0.4, 0.5) is 5.69 Å². The van der Waals surface area contributed by atoms with E-state index in [4.69, 9.17) is 20.8 Å². The molecular formula is C25H24ClN3O3. The molecule has 0 radical (unpaired) electrons. The first-order valence-electron chi connectivity index (χ1n) is 10.3. The number of carbonyl (C=O) groups excluding carboxylic acids is 1. The van der Waals surface area contributed by atoms with Crippen LogP contribution < -0.4 is 10.1 Å². The molecule has 0 saturated heterocycles. The number of nitrogens with zero attached hydrogens (tertiary/aromatic N) is 2. The highest BCUT2D eigenvalue weighted by atomic mass is 35.5. The van der Waals surface area contributed by atoms with Crippen LogP contribution in [-0.4, -0.2) is 15.7 Å². The van der Waals surface area contributed by atoms with Gasteiger partial charge in [0.2, 0.25) is 0 Å². The Balaban J connectivity index is 1.44. The van der Waals surface area contributed by atoms with Gasteiger partial charge in [-0.25, -0.2) is 0 Å². The van der Waals surface area contributed by atoms with E-state index in [0.717, 1.165) is 28.3 Å². The van der Waals surface area contributed by atoms with Crippen LogP contribution >= 0.6 is 11.6 Å². The van der Waals surface area contributed by atoms with E-state index in [1.807, 2.05) is 74.0 Å². The highest BCUT2D eigenvalue weighted by Gasteiger charge is 2.18. The fourth-order valence-electron chi connectivity index (χ4n) is 3.44. The molecule has 0 saturated carbocycles. The number of furan rings is 1. The first-order valence-corrected chi connectivity index (χ1v) is 10.7. The van der Waals surface area contributed by atoms with Gasteiger partial charge in [-0.1, -0.05) is 48.0 Å². The average molecular weight is 450 g/mol. The monoisotopic (exact) mass is 449 g/mol. The lowest BCUT2D eigenvalue weighted by Crippen LogP contribution is -2.12. The Morgan fingerprint density at radius 3 is 2.59 bits per heavy atom. The van der Waals surface area contributed by atoms with Gasteiger partial charge in [-0.05, 0) is 56.2 Å². The second-order valence-corrected chi connectivity index (χ2v) is 7.98. The Bertz CT molecular complexity index is 1260. The van der Waals surface area contributed by atoms with Crippen LogP contribution in [0.15, 0.2) is 65.1 Å². The van der Waals surface area contributed by atoms with Gasteiger partial charge in [-0.15, -0.1) is 0 Å². The third-order valence-corrected chi connectivity index (χ3v) is 5.62. The van der Waals surface area contributed by atoms with E-state index in [9.17, 15) is 4.79 Å². The van der Waals surface area contributed by atoms with Crippen molar-refractivity contribution >= 4 is 23.2 Å². The van der Waals surface area contributed by atoms with Crippen molar-refractivity contribution in [2.24, 2.45) is 0 Å². The summed E-state index contributed by atoms with van der Waals surface area (Å²) in [5, 5.41) is 8.17. The minimum atomic E-state index is -0.337. The predicted octanol–water partition coefficient (Wildman–Crippen LogP) is 5.93. The number of amides is 1. The Morgan fingerprint density at radius 2 is 1.81 bits per heavy atom. The van der Waals surface area contributed by atoms with Crippen molar-refractivity contribution in [2.75, 3.05) is 5.32 Å². The lowest BCUT2D eigenvalue weighted by molar-refractivity contribution is 0.0992. The number of aromatic nitrogens is 2. The molecule has 2 aromatic carbocycles. The van der Waals surface area contributed by atoms with E-state index < -0.39 is 0 Å². The molecule has 0 aliphatic rings. The highest BCUT2D eigenvalue weighted by molar-refractivity contribution is 6.31. The topological polar surface area (TPSA) is 69.3 Å². The van der Waals surface area contributed by atoms with Gasteiger partial charge < -0.3 is 14.5 Å². The van der Waals surface area contributed by atoms with Crippen LogP contribution in [-0.2, 0) is 13.2 Å². The van der Waals surface area contributed by atoms with Crippen molar-refractivity contribution in [3.63, 3.8) is 0 Å². The standard InChI is InChI=1S/C25H24ClN3O3/c1-16-8-4-7-11-22(16)31-15-20-12-13-23(32-20)25(30)27-24-17(2)28-29(18(24)3)14-19-9-5-6-10-21(19)26/h4-13H,14-15H2,1-3H3,(H,27,30). The zero-order chi connectivity index (χ0) is 22.7. The van der Waals surface area contributed by atoms with Crippen molar-refractivity contribution in [3.05, 3.63) is 99.7 Å². The van der Waals surface area contributed by atoms with E-state index >= 15 is 0 Å². The Labute approximate surface area is 191 Å². The second kappa shape index (κ2) is 9.32. The average Bonchev–Trinajstić information content (AvgIpc) is 3.35. The zero-order valence-electron chi connectivity index (χ0n) is 18.2. The summed E-state index contributed by atoms with van der Waals surface area (Å²) >= 11 is 6.28. The number of nitrogens with one attached hydrogen (secondary N) is 1. The molecule has 0 atom stereocenters. The molecule has 6 nitrogen and oxygen atoms in total. The van der Waals surface area contributed by atoms with Crippen LogP contribution in [0, 0.1) is 20.8 Å². The Morgan fingerprint density at radius 1 is 1.06 bits per heavy atom. The highest BCUT2D eigenvalue weighted by Crippen LogP contribution is 2.24. The molecule has 1 N–H and O–H groups in total. The second-order valence-electron chi connectivity index (χ2n) is 7.57. The Kier molecular flexibility index (Phi) is 6.32. The van der Waals surface area contributed by atoms with Crippen LogP contribution in [0.2, 0.25) is 5.02 Å². The fraction of sp³-hybridized carbons (Fsp3) is 0.200. The first kappa shape index (κ1) is 21.7. The molecular weight excluding hydrogens is 426 g/mol. The molecule has 7 heteroatoms. The van der Waals surface area contributed by atoms with Gasteiger partial charge in [0.1, 0.15) is 18.1 Å². The quantitative estimate of drug-likeness (QED) is 0.379. The van der Waals surface area contributed by atoms with E-state index in [0.29, 0.717) is 23.0 Å². The molecule has 164 valence electrons. The van der Waals surface area contributed by atoms with E-state index in [1.165, 1.54) is 0 Å². The van der Waals surface area contributed by atoms with Crippen molar-refractivity contribution in [2.45, 2.75) is 33.9 Å². The van der Waals surface area contributed by atoms with Crippen molar-refractivity contribution in [1.29, 1.82) is 0 Å². The van der Waals surface area contributed by atoms with Gasteiger partial charge in [0.05, 0.1) is 23.6 Å². The van der Waals surface area contributed by atoms with Gasteiger partial charge >= 0.3 is 0 Å². The van der Waals surface area contributed by atoms with Crippen molar-refractivity contribution in [3.8, 4) is 5.75 Å². The molecule has 4 aromatic rings. The van der Waals surface area contributed by atoms with Gasteiger partial charge in [-0.2, -0.15) is 5.10 Å². The molecule has 4 rings (SSSR count). The number of benzene rings is 2. The number of aryl methyl sites for hydroxylation is 2. The van der Waals surface area contributed by atoms with Crippen LogP contribution in [0.3, 0.4) is 0 Å². The summed E-state index contributed by atoms with van der Waals surface area (Å²) in [7, 11) is 0. The summed E-state index contributed by atoms with van der Waals surface area (Å²) in [4.78, 5) is 12.8. The SMILES string of the molecule is Cc1ccccc1OCc1ccc(C(=O)Nc2c(C)nn(Cc3ccccc3Cl)c2C)o1. The van der Waals surface area contributed by atoms with E-state index in [1.54, 1.807) is 12.1 Å². The van der Waals surface area contributed by atoms with Crippen molar-refractivity contribution < 1.29 is 13.9 Å². The van der Waals surface area contributed by atoms with Crippen molar-refractivity contribution in [1.82, 2.24) is 9.78 Å². The minimum absolute atomic E-state index is 0.214. The number of hydrogen-bond acceptors (Lipinski definition) is 4. The molecule has 0 aliphatic carbocycles. The van der Waals surface area contributed by atoms with Gasteiger partial charge in [0, 0.05) is 5.02 Å². The van der Waals surface area contributed by atoms with E-state index in [-0.39, 0.29) is 18.3 Å². The number of ether oxygens (including phenoxy) is 1. The smallest absolute Gasteiger partial charge is 0.291 e. The molecule has 0 spiro atoms. The molecule has 32 heavy (non-hydrogen) atoms. The van der Waals surface area contributed by atoms with Crippen LogP contribution in [0.5, 0.6) is 5.75 Å². The number of hydrogen-bond donors (Lipinski definition) is 1. The first-order chi connectivity index (χ1) is 15.4. The molecule has 2 aromatic heterocycles. The molecule has 1 amide bonds. The summed E-state index contributed by atoms with van der Waals surface area (Å²) in [5.41, 5.74) is 4.22. The zero-order valence-corrected chi connectivity index (χ0v) is 18.9. The Hall–Kier alpha value is -3.51. The van der Waals surface area contributed by atoms with E-state index in [2.05, 4.69) is 10.4 Å². The molecule has 0 unspecified atom stereocenters. The lowest BCUT2D eigenvalue weighted by Gasteiger charge is -2.08. The molecule has 0 bridgehead atoms. The number of anilines is 1. The summed E-state index contributed by atoms with van der Waals surface area (Å²) < 4.78 is 13.3. The largest absolute Gasteiger partial charge is 0.485 e. The summed E-state index contributed by atoms with van der Waals surface area (Å²) in [6, 6.07) is 18.8. The maximum Gasteiger partial charge on any atom is 0.291 e. The maximum atomic E-state index is 12.8. The third-order valence-electron chi connectivity index (χ3n) is 5.25. The van der Waals surface area contributed by atoms with Crippen LogP contribution in [0.25, 0.3) is 0 Å². The lowest BCUT2D eigenvalue weighted by atomic mass is 10.2. The fourth-order valence-corrected chi connectivity index (χ4v) is 3.64. The number of carbonyl (C=O) groups is 1. The third kappa shape index (κ3) is 4.70. The predicted molar refractivity (Wildman–Crippen MR) is 124 cm³/mol. The van der Waals surface area contributed by atoms with Gasteiger partial charge in [-0.3, -0.25) is 9.48 Å². The molecule has 0 aliphatic heterocycles. The van der Waals surface area contributed by atoms with Gasteiger partial charge in [0.25, 0.3) is 5.91 Å². The molecule has 2 heterocycles. The number of para-hydroxylation sites is 1. The number of rotatable bonds is 7. The normalized spacial score (nSPS) is 10.9. The van der Waals surface area contributed by atoms with Crippen LogP contribution in [0.1, 0.15) is 38.8 Å². The maximum absolute atomic E-state index is 12.8. The number of halogens is 1. The summed E-state index contributed by atoms with van der Waals surface area (Å²) in [5.74, 6) is 1.23.